The van der Waals surface area contributed by atoms with E-state index in [1.807, 2.05) is 16.9 Å². The molecule has 0 spiro atoms. The second kappa shape index (κ2) is 12.3. The van der Waals surface area contributed by atoms with Gasteiger partial charge in [-0.15, -0.1) is 24.0 Å². The van der Waals surface area contributed by atoms with Crippen molar-refractivity contribution in [1.29, 1.82) is 0 Å². The summed E-state index contributed by atoms with van der Waals surface area (Å²) in [6.07, 6.45) is 10.2. The SMILES string of the molecule is CN=C(NCc1ccc(OC2CCCCC2)nc1)NC1CCc2nc(COC)nn2C1.I. The summed E-state index contributed by atoms with van der Waals surface area (Å²) in [6.45, 7) is 1.86. The molecule has 4 rings (SSSR count). The molecule has 32 heavy (non-hydrogen) atoms. The molecule has 0 bridgehead atoms. The fraction of sp³-hybridized carbons (Fsp3) is 0.636. The summed E-state index contributed by atoms with van der Waals surface area (Å²) < 4.78 is 13.1. The van der Waals surface area contributed by atoms with Gasteiger partial charge in [0, 0.05) is 45.4 Å². The van der Waals surface area contributed by atoms with Crippen LogP contribution in [0.4, 0.5) is 0 Å². The third-order valence-electron chi connectivity index (χ3n) is 5.84. The molecule has 2 N–H and O–H groups in total. The van der Waals surface area contributed by atoms with Crippen molar-refractivity contribution in [3.63, 3.8) is 0 Å². The largest absolute Gasteiger partial charge is 0.474 e. The molecule has 0 amide bonds. The van der Waals surface area contributed by atoms with Crippen molar-refractivity contribution >= 4 is 29.9 Å². The van der Waals surface area contributed by atoms with E-state index < -0.39 is 0 Å². The van der Waals surface area contributed by atoms with E-state index in [0.717, 1.165) is 61.3 Å². The Bertz CT molecular complexity index is 866. The molecule has 9 nitrogen and oxygen atoms in total. The maximum atomic E-state index is 6.01. The van der Waals surface area contributed by atoms with Gasteiger partial charge in [-0.05, 0) is 37.7 Å². The highest BCUT2D eigenvalue weighted by Crippen LogP contribution is 2.22. The summed E-state index contributed by atoms with van der Waals surface area (Å²) in [5, 5.41) is 11.4. The van der Waals surface area contributed by atoms with Crippen LogP contribution in [0.25, 0.3) is 0 Å². The number of hydrogen-bond donors (Lipinski definition) is 2. The second-order valence-electron chi connectivity index (χ2n) is 8.25. The first-order valence-corrected chi connectivity index (χ1v) is 11.2. The van der Waals surface area contributed by atoms with Crippen molar-refractivity contribution in [3.8, 4) is 5.88 Å². The van der Waals surface area contributed by atoms with Crippen LogP contribution in [0.3, 0.4) is 0 Å². The molecule has 0 radical (unpaired) electrons. The minimum atomic E-state index is 0. The number of guanidine groups is 1. The normalized spacial score (nSPS) is 19.1. The fourth-order valence-corrected chi connectivity index (χ4v) is 4.18. The van der Waals surface area contributed by atoms with Crippen molar-refractivity contribution in [3.05, 3.63) is 35.5 Å². The number of methoxy groups -OCH3 is 1. The van der Waals surface area contributed by atoms with Gasteiger partial charge in [0.2, 0.25) is 5.88 Å². The van der Waals surface area contributed by atoms with Gasteiger partial charge in [-0.3, -0.25) is 4.99 Å². The van der Waals surface area contributed by atoms with Crippen LogP contribution in [0.2, 0.25) is 0 Å². The number of aromatic nitrogens is 4. The summed E-state index contributed by atoms with van der Waals surface area (Å²) in [5.41, 5.74) is 1.09. The lowest BCUT2D eigenvalue weighted by Gasteiger charge is -2.25. The molecule has 3 heterocycles. The maximum Gasteiger partial charge on any atom is 0.213 e. The van der Waals surface area contributed by atoms with Crippen molar-refractivity contribution in [2.45, 2.75) is 76.8 Å². The topological polar surface area (TPSA) is 98.5 Å². The van der Waals surface area contributed by atoms with Crippen molar-refractivity contribution in [2.24, 2.45) is 4.99 Å². The number of aryl methyl sites for hydroxylation is 1. The van der Waals surface area contributed by atoms with Crippen molar-refractivity contribution < 1.29 is 9.47 Å². The van der Waals surface area contributed by atoms with Gasteiger partial charge >= 0.3 is 0 Å². The van der Waals surface area contributed by atoms with Crippen LogP contribution in [0.15, 0.2) is 23.3 Å². The molecule has 176 valence electrons. The molecule has 1 atom stereocenters. The van der Waals surface area contributed by atoms with Crippen LogP contribution in [0.1, 0.15) is 55.7 Å². The van der Waals surface area contributed by atoms with Crippen LogP contribution in [-0.4, -0.2) is 52.0 Å². The number of hydrogen-bond acceptors (Lipinski definition) is 6. The average molecular weight is 555 g/mol. The van der Waals surface area contributed by atoms with E-state index >= 15 is 0 Å². The molecule has 1 aliphatic heterocycles. The molecule has 1 saturated carbocycles. The Morgan fingerprint density at radius 3 is 2.78 bits per heavy atom. The minimum Gasteiger partial charge on any atom is -0.474 e. The molecule has 2 aromatic rings. The molecule has 0 saturated heterocycles. The molecule has 1 aliphatic carbocycles. The number of rotatable bonds is 7. The lowest BCUT2D eigenvalue weighted by atomic mass is 9.98. The lowest BCUT2D eigenvalue weighted by molar-refractivity contribution is 0.148. The summed E-state index contributed by atoms with van der Waals surface area (Å²) in [7, 11) is 3.45. The van der Waals surface area contributed by atoms with Gasteiger partial charge in [0.1, 0.15) is 18.5 Å². The fourth-order valence-electron chi connectivity index (χ4n) is 4.18. The molecule has 0 aromatic carbocycles. The Kier molecular flexibility index (Phi) is 9.51. The van der Waals surface area contributed by atoms with Gasteiger partial charge in [0.25, 0.3) is 0 Å². The first-order valence-electron chi connectivity index (χ1n) is 11.2. The predicted molar refractivity (Wildman–Crippen MR) is 133 cm³/mol. The Morgan fingerprint density at radius 1 is 1.22 bits per heavy atom. The summed E-state index contributed by atoms with van der Waals surface area (Å²) in [6, 6.07) is 4.28. The zero-order valence-electron chi connectivity index (χ0n) is 18.9. The van der Waals surface area contributed by atoms with E-state index in [-0.39, 0.29) is 30.0 Å². The van der Waals surface area contributed by atoms with E-state index in [2.05, 4.69) is 36.8 Å². The molecule has 2 aromatic heterocycles. The van der Waals surface area contributed by atoms with E-state index in [4.69, 9.17) is 9.47 Å². The Labute approximate surface area is 206 Å². The average Bonchev–Trinajstić information content (AvgIpc) is 3.20. The van der Waals surface area contributed by atoms with Gasteiger partial charge in [-0.1, -0.05) is 12.5 Å². The van der Waals surface area contributed by atoms with E-state index in [0.29, 0.717) is 19.3 Å². The molecule has 2 aliphatic rings. The third kappa shape index (κ3) is 6.77. The smallest absolute Gasteiger partial charge is 0.213 e. The van der Waals surface area contributed by atoms with Gasteiger partial charge in [0.05, 0.1) is 6.54 Å². The Morgan fingerprint density at radius 2 is 2.06 bits per heavy atom. The zero-order chi connectivity index (χ0) is 21.5. The quantitative estimate of drug-likeness (QED) is 0.308. The molecular formula is C22H34IN7O2. The number of nitrogens with one attached hydrogen (secondary N) is 2. The number of nitrogens with zero attached hydrogens (tertiary/aromatic N) is 5. The third-order valence-corrected chi connectivity index (χ3v) is 5.84. The highest BCUT2D eigenvalue weighted by molar-refractivity contribution is 14.0. The van der Waals surface area contributed by atoms with E-state index in [1.54, 1.807) is 14.2 Å². The monoisotopic (exact) mass is 555 g/mol. The lowest BCUT2D eigenvalue weighted by Crippen LogP contribution is -2.46. The number of halogens is 1. The number of aliphatic imine (C=N–C) groups is 1. The van der Waals surface area contributed by atoms with Gasteiger partial charge in [-0.25, -0.2) is 14.6 Å². The zero-order valence-corrected chi connectivity index (χ0v) is 21.2. The van der Waals surface area contributed by atoms with Gasteiger partial charge < -0.3 is 20.1 Å². The minimum absolute atomic E-state index is 0. The highest BCUT2D eigenvalue weighted by Gasteiger charge is 2.22. The van der Waals surface area contributed by atoms with Crippen LogP contribution >= 0.6 is 24.0 Å². The van der Waals surface area contributed by atoms with E-state index in [1.165, 1.54) is 19.3 Å². The van der Waals surface area contributed by atoms with Crippen LogP contribution in [-0.2, 0) is 30.9 Å². The molecule has 1 fully saturated rings. The summed E-state index contributed by atoms with van der Waals surface area (Å²) >= 11 is 0. The summed E-state index contributed by atoms with van der Waals surface area (Å²) in [5.74, 6) is 3.25. The van der Waals surface area contributed by atoms with Gasteiger partial charge in [-0.2, -0.15) is 5.10 Å². The Balaban J connectivity index is 0.00000289. The maximum absolute atomic E-state index is 6.01. The predicted octanol–water partition coefficient (Wildman–Crippen LogP) is 2.83. The molecular weight excluding hydrogens is 521 g/mol. The number of pyridine rings is 1. The number of fused-ring (bicyclic) bond motifs is 1. The number of ether oxygens (including phenoxy) is 2. The van der Waals surface area contributed by atoms with Crippen LogP contribution in [0, 0.1) is 0 Å². The summed E-state index contributed by atoms with van der Waals surface area (Å²) in [4.78, 5) is 13.4. The van der Waals surface area contributed by atoms with Crippen LogP contribution < -0.4 is 15.4 Å². The van der Waals surface area contributed by atoms with Crippen LogP contribution in [0.5, 0.6) is 5.88 Å². The Hall–Kier alpha value is -1.95. The first kappa shape index (κ1) is 24.7. The molecule has 10 heteroatoms. The highest BCUT2D eigenvalue weighted by atomic mass is 127. The van der Waals surface area contributed by atoms with Gasteiger partial charge in [0.15, 0.2) is 11.8 Å². The molecule has 1 unspecified atom stereocenters. The van der Waals surface area contributed by atoms with Crippen molar-refractivity contribution in [2.75, 3.05) is 14.2 Å². The standard InChI is InChI=1S/C22H33N7O2.HI/c1-23-22(26-17-9-10-20-27-19(15-30-2)28-29(20)14-17)25-13-16-8-11-21(24-12-16)31-18-6-4-3-5-7-18;/h8,11-12,17-18H,3-7,9-10,13-15H2,1-2H3,(H2,23,25,26);1H. The first-order chi connectivity index (χ1) is 15.2. The van der Waals surface area contributed by atoms with Crippen molar-refractivity contribution in [1.82, 2.24) is 30.4 Å². The second-order valence-corrected chi connectivity index (χ2v) is 8.25. The van der Waals surface area contributed by atoms with E-state index in [9.17, 15) is 0 Å².